The number of amides is 1. The monoisotopic (exact) mass is 529 g/mol. The van der Waals surface area contributed by atoms with Gasteiger partial charge in [-0.1, -0.05) is 32.0 Å². The number of alkyl halides is 5. The van der Waals surface area contributed by atoms with Gasteiger partial charge in [0.2, 0.25) is 0 Å². The van der Waals surface area contributed by atoms with Gasteiger partial charge in [-0.3, -0.25) is 4.79 Å². The molecule has 4 rings (SSSR count). The standard InChI is InChI=1S/C25H28F5N3O2S/c1-14-7-15(5-6-17(14)22(34)31-16-12-36-13-16)20-8-24(35-32-20,25(28,29)30)19-10-33(11-21(26)27)9-18(19)23(2,3)4/h5-7,9-10,16,21H,8,11-13H2,1-4H3,(H,31,34). The van der Waals surface area contributed by atoms with Gasteiger partial charge in [0, 0.05) is 41.1 Å². The lowest BCUT2D eigenvalue weighted by Gasteiger charge is -2.32. The van der Waals surface area contributed by atoms with E-state index in [0.29, 0.717) is 16.7 Å². The molecule has 196 valence electrons. The average molecular weight is 530 g/mol. The van der Waals surface area contributed by atoms with Crippen LogP contribution in [0.3, 0.4) is 0 Å². The van der Waals surface area contributed by atoms with Gasteiger partial charge in [-0.2, -0.15) is 24.9 Å². The van der Waals surface area contributed by atoms with Crippen LogP contribution in [0.2, 0.25) is 0 Å². The number of benzene rings is 1. The normalized spacial score (nSPS) is 20.8. The van der Waals surface area contributed by atoms with Crippen LogP contribution in [0, 0.1) is 6.92 Å². The summed E-state index contributed by atoms with van der Waals surface area (Å²) in [5.74, 6) is 1.48. The maximum atomic E-state index is 14.6. The van der Waals surface area contributed by atoms with Gasteiger partial charge in [0.05, 0.1) is 18.7 Å². The van der Waals surface area contributed by atoms with Crippen LogP contribution in [0.1, 0.15) is 59.8 Å². The van der Waals surface area contributed by atoms with E-state index in [1.165, 1.54) is 6.20 Å². The minimum absolute atomic E-state index is 0.0687. The SMILES string of the molecule is Cc1cc(C2=NOC(c3cn(CC(F)F)cc3C(C)(C)C)(C(F)(F)F)C2)ccc1C(=O)NC1CSC1. The van der Waals surface area contributed by atoms with Crippen LogP contribution < -0.4 is 5.32 Å². The highest BCUT2D eigenvalue weighted by molar-refractivity contribution is 8.00. The molecule has 2 aromatic rings. The van der Waals surface area contributed by atoms with Crippen LogP contribution >= 0.6 is 11.8 Å². The summed E-state index contributed by atoms with van der Waals surface area (Å²) >= 11 is 1.74. The van der Waals surface area contributed by atoms with Crippen molar-refractivity contribution in [3.8, 4) is 0 Å². The first-order valence-electron chi connectivity index (χ1n) is 11.5. The van der Waals surface area contributed by atoms with Crippen molar-refractivity contribution in [3.63, 3.8) is 0 Å². The fraction of sp³-hybridized carbons (Fsp3) is 0.520. The largest absolute Gasteiger partial charge is 0.435 e. The van der Waals surface area contributed by atoms with Crippen molar-refractivity contribution in [2.75, 3.05) is 11.5 Å². The third kappa shape index (κ3) is 4.99. The Morgan fingerprint density at radius 1 is 1.25 bits per heavy atom. The van der Waals surface area contributed by atoms with E-state index in [4.69, 9.17) is 4.84 Å². The summed E-state index contributed by atoms with van der Waals surface area (Å²) in [7, 11) is 0. The fourth-order valence-corrected chi connectivity index (χ4v) is 5.05. The summed E-state index contributed by atoms with van der Waals surface area (Å²) in [6, 6.07) is 4.86. The zero-order chi connectivity index (χ0) is 26.5. The van der Waals surface area contributed by atoms with Gasteiger partial charge >= 0.3 is 6.18 Å². The van der Waals surface area contributed by atoms with Gasteiger partial charge in [-0.15, -0.1) is 0 Å². The molecule has 1 fully saturated rings. The quantitative estimate of drug-likeness (QED) is 0.483. The zero-order valence-electron chi connectivity index (χ0n) is 20.4. The first-order valence-corrected chi connectivity index (χ1v) is 12.7. The molecule has 0 aliphatic carbocycles. The summed E-state index contributed by atoms with van der Waals surface area (Å²) in [4.78, 5) is 17.7. The molecular formula is C25H28F5N3O2S. The van der Waals surface area contributed by atoms with E-state index in [1.54, 1.807) is 57.7 Å². The predicted molar refractivity (Wildman–Crippen MR) is 129 cm³/mol. The number of rotatable bonds is 6. The molecule has 0 spiro atoms. The predicted octanol–water partition coefficient (Wildman–Crippen LogP) is 5.79. The molecule has 1 aromatic heterocycles. The summed E-state index contributed by atoms with van der Waals surface area (Å²) in [6.07, 6.45) is -5.80. The number of thioether (sulfide) groups is 1. The Morgan fingerprint density at radius 3 is 2.47 bits per heavy atom. The van der Waals surface area contributed by atoms with Crippen molar-refractivity contribution < 1.29 is 31.6 Å². The number of nitrogens with one attached hydrogen (secondary N) is 1. The molecule has 0 radical (unpaired) electrons. The van der Waals surface area contributed by atoms with Crippen LogP contribution in [-0.4, -0.2) is 46.3 Å². The Labute approximate surface area is 210 Å². The highest BCUT2D eigenvalue weighted by Crippen LogP contribution is 2.51. The Balaban J connectivity index is 1.67. The van der Waals surface area contributed by atoms with E-state index in [9.17, 15) is 26.7 Å². The summed E-state index contributed by atoms with van der Waals surface area (Å²) < 4.78 is 71.1. The molecule has 2 aliphatic rings. The lowest BCUT2D eigenvalue weighted by molar-refractivity contribution is -0.276. The minimum Gasteiger partial charge on any atom is -0.374 e. The molecule has 0 saturated carbocycles. The number of carbonyl (C=O) groups is 1. The molecular weight excluding hydrogens is 501 g/mol. The van der Waals surface area contributed by atoms with Crippen LogP contribution in [0.15, 0.2) is 35.7 Å². The summed E-state index contributed by atoms with van der Waals surface area (Å²) in [6.45, 7) is 6.13. The first-order chi connectivity index (χ1) is 16.7. The summed E-state index contributed by atoms with van der Waals surface area (Å²) in [5.41, 5.74) is -2.04. The minimum atomic E-state index is -4.87. The van der Waals surface area contributed by atoms with Crippen molar-refractivity contribution in [3.05, 3.63) is 58.4 Å². The Morgan fingerprint density at radius 2 is 1.94 bits per heavy atom. The topological polar surface area (TPSA) is 55.6 Å². The second kappa shape index (κ2) is 9.39. The Kier molecular flexibility index (Phi) is 6.91. The summed E-state index contributed by atoms with van der Waals surface area (Å²) in [5, 5.41) is 6.75. The van der Waals surface area contributed by atoms with Gasteiger partial charge in [0.25, 0.3) is 17.9 Å². The number of nitrogens with zero attached hydrogens (tertiary/aromatic N) is 2. The molecule has 1 atom stereocenters. The molecule has 0 bridgehead atoms. The lowest BCUT2D eigenvalue weighted by atomic mass is 9.78. The Hall–Kier alpha value is -2.56. The maximum absolute atomic E-state index is 14.6. The Bertz CT molecular complexity index is 1180. The zero-order valence-corrected chi connectivity index (χ0v) is 21.2. The number of oxime groups is 1. The molecule has 11 heteroatoms. The highest BCUT2D eigenvalue weighted by Gasteiger charge is 2.64. The molecule has 2 aliphatic heterocycles. The van der Waals surface area contributed by atoms with Crippen LogP contribution in [0.4, 0.5) is 22.0 Å². The smallest absolute Gasteiger partial charge is 0.374 e. The van der Waals surface area contributed by atoms with Crippen molar-refractivity contribution in [1.29, 1.82) is 0 Å². The second-order valence-corrected chi connectivity index (χ2v) is 11.4. The van der Waals surface area contributed by atoms with Crippen molar-refractivity contribution in [2.45, 2.75) is 70.3 Å². The number of hydrogen-bond donors (Lipinski definition) is 1. The average Bonchev–Trinajstić information content (AvgIpc) is 3.35. The molecule has 1 aromatic carbocycles. The van der Waals surface area contributed by atoms with Gasteiger partial charge in [-0.05, 0) is 41.2 Å². The van der Waals surface area contributed by atoms with Crippen LogP contribution in [0.5, 0.6) is 0 Å². The third-order valence-electron chi connectivity index (χ3n) is 6.44. The number of carbonyl (C=O) groups excluding carboxylic acids is 1. The second-order valence-electron chi connectivity index (χ2n) is 10.3. The molecule has 1 amide bonds. The van der Waals surface area contributed by atoms with E-state index in [2.05, 4.69) is 10.5 Å². The van der Waals surface area contributed by atoms with E-state index in [1.807, 2.05) is 0 Å². The van der Waals surface area contributed by atoms with Gasteiger partial charge in [0.1, 0.15) is 0 Å². The number of halogens is 5. The third-order valence-corrected chi connectivity index (χ3v) is 7.71. The molecule has 36 heavy (non-hydrogen) atoms. The number of aryl methyl sites for hydroxylation is 1. The van der Waals surface area contributed by atoms with E-state index >= 15 is 0 Å². The molecule has 5 nitrogen and oxygen atoms in total. The maximum Gasteiger partial charge on any atom is 0.435 e. The number of aromatic nitrogens is 1. The van der Waals surface area contributed by atoms with Gasteiger partial charge < -0.3 is 14.7 Å². The van der Waals surface area contributed by atoms with Crippen molar-refractivity contribution in [2.24, 2.45) is 5.16 Å². The lowest BCUT2D eigenvalue weighted by Crippen LogP contribution is -2.44. The van der Waals surface area contributed by atoms with Crippen LogP contribution in [-0.2, 0) is 22.4 Å². The number of hydrogen-bond acceptors (Lipinski definition) is 4. The first kappa shape index (κ1) is 26.5. The van der Waals surface area contributed by atoms with Crippen molar-refractivity contribution in [1.82, 2.24) is 9.88 Å². The fourth-order valence-electron chi connectivity index (χ4n) is 4.41. The highest BCUT2D eigenvalue weighted by atomic mass is 32.2. The molecule has 1 N–H and O–H groups in total. The van der Waals surface area contributed by atoms with Gasteiger partial charge in [-0.25, -0.2) is 8.78 Å². The van der Waals surface area contributed by atoms with Crippen LogP contribution in [0.25, 0.3) is 0 Å². The van der Waals surface area contributed by atoms with E-state index in [-0.39, 0.29) is 28.8 Å². The van der Waals surface area contributed by atoms with Gasteiger partial charge in [0.15, 0.2) is 0 Å². The van der Waals surface area contributed by atoms with Crippen molar-refractivity contribution >= 4 is 23.4 Å². The van der Waals surface area contributed by atoms with E-state index in [0.717, 1.165) is 22.3 Å². The molecule has 1 unspecified atom stereocenters. The molecule has 1 saturated heterocycles. The molecule has 3 heterocycles. The van der Waals surface area contributed by atoms with E-state index < -0.39 is 36.6 Å².